The molecule has 0 atom stereocenters. The van der Waals surface area contributed by atoms with E-state index < -0.39 is 0 Å². The summed E-state index contributed by atoms with van der Waals surface area (Å²) in [7, 11) is 0. The molecule has 1 aromatic heterocycles. The summed E-state index contributed by atoms with van der Waals surface area (Å²) in [6.07, 6.45) is 8.20. The first kappa shape index (κ1) is 15.3. The van der Waals surface area contributed by atoms with Gasteiger partial charge in [0.25, 0.3) is 0 Å². The fourth-order valence-electron chi connectivity index (χ4n) is 2.37. The van der Waals surface area contributed by atoms with Crippen molar-refractivity contribution in [3.05, 3.63) is 36.0 Å². The third-order valence-corrected chi connectivity index (χ3v) is 3.52. The predicted octanol–water partition coefficient (Wildman–Crippen LogP) is 3.77. The SMILES string of the molecule is CCCCCCCC(=O)On1cc(C=O)c2ccccc21. The van der Waals surface area contributed by atoms with Gasteiger partial charge in [0.2, 0.25) is 0 Å². The van der Waals surface area contributed by atoms with Gasteiger partial charge >= 0.3 is 5.97 Å². The van der Waals surface area contributed by atoms with Crippen molar-refractivity contribution < 1.29 is 14.4 Å². The second kappa shape index (κ2) is 7.62. The Morgan fingerprint density at radius 2 is 1.95 bits per heavy atom. The van der Waals surface area contributed by atoms with E-state index in [2.05, 4.69) is 6.92 Å². The predicted molar refractivity (Wildman–Crippen MR) is 82.3 cm³/mol. The van der Waals surface area contributed by atoms with Gasteiger partial charge in [0.1, 0.15) is 0 Å². The Balaban J connectivity index is 1.96. The molecule has 0 saturated heterocycles. The van der Waals surface area contributed by atoms with E-state index in [4.69, 9.17) is 4.84 Å². The molecule has 0 fully saturated rings. The van der Waals surface area contributed by atoms with E-state index in [1.165, 1.54) is 17.6 Å². The molecule has 4 nitrogen and oxygen atoms in total. The van der Waals surface area contributed by atoms with Crippen LogP contribution in [0, 0.1) is 0 Å². The number of unbranched alkanes of at least 4 members (excludes halogenated alkanes) is 4. The van der Waals surface area contributed by atoms with Crippen LogP contribution in [0.3, 0.4) is 0 Å². The van der Waals surface area contributed by atoms with Gasteiger partial charge in [0.15, 0.2) is 6.29 Å². The molecule has 0 radical (unpaired) electrons. The number of benzene rings is 1. The van der Waals surface area contributed by atoms with Crippen molar-refractivity contribution in [3.8, 4) is 0 Å². The number of carbonyl (C=O) groups excluding carboxylic acids is 2. The zero-order valence-corrected chi connectivity index (χ0v) is 12.4. The molecule has 21 heavy (non-hydrogen) atoms. The number of hydrogen-bond donors (Lipinski definition) is 0. The summed E-state index contributed by atoms with van der Waals surface area (Å²) in [5.74, 6) is -0.260. The van der Waals surface area contributed by atoms with Gasteiger partial charge in [0, 0.05) is 17.4 Å². The van der Waals surface area contributed by atoms with Crippen molar-refractivity contribution >= 4 is 23.2 Å². The molecular formula is C17H21NO3. The normalized spacial score (nSPS) is 10.7. The molecule has 0 unspecified atom stereocenters. The largest absolute Gasteiger partial charge is 0.337 e. The zero-order valence-electron chi connectivity index (χ0n) is 12.4. The summed E-state index contributed by atoms with van der Waals surface area (Å²) in [5.41, 5.74) is 1.26. The first-order chi connectivity index (χ1) is 10.3. The average molecular weight is 287 g/mol. The molecule has 0 saturated carbocycles. The summed E-state index contributed by atoms with van der Waals surface area (Å²) in [6, 6.07) is 7.38. The Kier molecular flexibility index (Phi) is 5.55. The van der Waals surface area contributed by atoms with Crippen LogP contribution < -0.4 is 4.84 Å². The number of aromatic nitrogens is 1. The van der Waals surface area contributed by atoms with Crippen molar-refractivity contribution in [1.29, 1.82) is 0 Å². The van der Waals surface area contributed by atoms with E-state index in [0.717, 1.165) is 36.5 Å². The van der Waals surface area contributed by atoms with Crippen LogP contribution in [-0.4, -0.2) is 17.0 Å². The van der Waals surface area contributed by atoms with E-state index in [1.807, 2.05) is 24.3 Å². The lowest BCUT2D eigenvalue weighted by molar-refractivity contribution is -0.143. The van der Waals surface area contributed by atoms with Gasteiger partial charge in [-0.3, -0.25) is 4.79 Å². The first-order valence-corrected chi connectivity index (χ1v) is 7.52. The maximum atomic E-state index is 11.9. The highest BCUT2D eigenvalue weighted by atomic mass is 16.7. The van der Waals surface area contributed by atoms with Crippen molar-refractivity contribution in [2.24, 2.45) is 0 Å². The number of para-hydroxylation sites is 1. The molecule has 2 rings (SSSR count). The van der Waals surface area contributed by atoms with Crippen molar-refractivity contribution in [1.82, 2.24) is 4.73 Å². The van der Waals surface area contributed by atoms with Gasteiger partial charge in [-0.1, -0.05) is 50.8 Å². The Hall–Kier alpha value is -2.10. The molecule has 0 aliphatic heterocycles. The van der Waals surface area contributed by atoms with Gasteiger partial charge < -0.3 is 4.84 Å². The summed E-state index contributed by atoms with van der Waals surface area (Å²) in [6.45, 7) is 2.16. The molecule has 112 valence electrons. The smallest absolute Gasteiger partial charge is 0.332 e. The van der Waals surface area contributed by atoms with Crippen LogP contribution >= 0.6 is 0 Å². The van der Waals surface area contributed by atoms with Crippen LogP contribution in [-0.2, 0) is 4.79 Å². The molecule has 0 bridgehead atoms. The van der Waals surface area contributed by atoms with Gasteiger partial charge in [-0.15, -0.1) is 0 Å². The lowest BCUT2D eigenvalue weighted by atomic mass is 10.1. The summed E-state index contributed by atoms with van der Waals surface area (Å²) < 4.78 is 1.40. The quantitative estimate of drug-likeness (QED) is 0.548. The molecule has 0 aliphatic carbocycles. The second-order valence-corrected chi connectivity index (χ2v) is 5.17. The van der Waals surface area contributed by atoms with E-state index >= 15 is 0 Å². The molecule has 4 heteroatoms. The van der Waals surface area contributed by atoms with E-state index in [0.29, 0.717) is 12.0 Å². The molecule has 0 aliphatic rings. The van der Waals surface area contributed by atoms with Crippen LogP contribution in [0.2, 0.25) is 0 Å². The Morgan fingerprint density at radius 1 is 1.19 bits per heavy atom. The number of rotatable bonds is 8. The summed E-state index contributed by atoms with van der Waals surface area (Å²) >= 11 is 0. The van der Waals surface area contributed by atoms with Crippen LogP contribution in [0.25, 0.3) is 10.9 Å². The van der Waals surface area contributed by atoms with Gasteiger partial charge in [-0.2, -0.15) is 4.73 Å². The highest BCUT2D eigenvalue weighted by Crippen LogP contribution is 2.19. The first-order valence-electron chi connectivity index (χ1n) is 7.52. The lowest BCUT2D eigenvalue weighted by Gasteiger charge is -2.06. The highest BCUT2D eigenvalue weighted by molar-refractivity contribution is 5.97. The third kappa shape index (κ3) is 3.94. The van der Waals surface area contributed by atoms with Crippen LogP contribution in [0.1, 0.15) is 55.8 Å². The number of nitrogens with zero attached hydrogens (tertiary/aromatic N) is 1. The van der Waals surface area contributed by atoms with Crippen LogP contribution in [0.15, 0.2) is 30.5 Å². The van der Waals surface area contributed by atoms with Crippen molar-refractivity contribution in [3.63, 3.8) is 0 Å². The fraction of sp³-hybridized carbons (Fsp3) is 0.412. The molecule has 1 heterocycles. The van der Waals surface area contributed by atoms with E-state index in [-0.39, 0.29) is 5.97 Å². The minimum Gasteiger partial charge on any atom is -0.337 e. The number of aldehydes is 1. The second-order valence-electron chi connectivity index (χ2n) is 5.17. The minimum atomic E-state index is -0.260. The van der Waals surface area contributed by atoms with Crippen molar-refractivity contribution in [2.45, 2.75) is 45.4 Å². The van der Waals surface area contributed by atoms with Crippen LogP contribution in [0.4, 0.5) is 0 Å². The standard InChI is InChI=1S/C17H21NO3/c1-2-3-4-5-6-11-17(20)21-18-12-14(13-19)15-9-7-8-10-16(15)18/h7-10,12-13H,2-6,11H2,1H3. The number of carbonyl (C=O) groups is 2. The van der Waals surface area contributed by atoms with Gasteiger partial charge in [0.05, 0.1) is 11.7 Å². The molecule has 1 aromatic carbocycles. The molecule has 0 spiro atoms. The molecule has 0 amide bonds. The van der Waals surface area contributed by atoms with E-state index in [9.17, 15) is 9.59 Å². The topological polar surface area (TPSA) is 48.3 Å². The highest BCUT2D eigenvalue weighted by Gasteiger charge is 2.11. The maximum Gasteiger partial charge on any atom is 0.332 e. The Labute approximate surface area is 124 Å². The fourth-order valence-corrected chi connectivity index (χ4v) is 2.37. The van der Waals surface area contributed by atoms with Gasteiger partial charge in [-0.05, 0) is 12.5 Å². The number of hydrogen-bond acceptors (Lipinski definition) is 3. The molecule has 0 N–H and O–H groups in total. The summed E-state index contributed by atoms with van der Waals surface area (Å²) in [5, 5.41) is 0.795. The monoisotopic (exact) mass is 287 g/mol. The van der Waals surface area contributed by atoms with Gasteiger partial charge in [-0.25, -0.2) is 4.79 Å². The number of fused-ring (bicyclic) bond motifs is 1. The average Bonchev–Trinajstić information content (AvgIpc) is 2.85. The lowest BCUT2D eigenvalue weighted by Crippen LogP contribution is -2.18. The zero-order chi connectivity index (χ0) is 15.1. The van der Waals surface area contributed by atoms with E-state index in [1.54, 1.807) is 6.20 Å². The van der Waals surface area contributed by atoms with Crippen molar-refractivity contribution in [2.75, 3.05) is 0 Å². The third-order valence-electron chi connectivity index (χ3n) is 3.52. The Morgan fingerprint density at radius 3 is 2.71 bits per heavy atom. The minimum absolute atomic E-state index is 0.260. The summed E-state index contributed by atoms with van der Waals surface area (Å²) in [4.78, 5) is 28.2. The molecular weight excluding hydrogens is 266 g/mol. The Bertz CT molecular complexity index is 616. The molecule has 2 aromatic rings. The maximum absolute atomic E-state index is 11.9. The van der Waals surface area contributed by atoms with Crippen LogP contribution in [0.5, 0.6) is 0 Å².